The van der Waals surface area contributed by atoms with Crippen LogP contribution < -0.4 is 4.72 Å². The Morgan fingerprint density at radius 3 is 2.28 bits per heavy atom. The van der Waals surface area contributed by atoms with Crippen LogP contribution >= 0.6 is 0 Å². The summed E-state index contributed by atoms with van der Waals surface area (Å²) < 4.78 is 36.7. The van der Waals surface area contributed by atoms with Crippen molar-refractivity contribution in [2.75, 3.05) is 13.2 Å². The molecule has 5 aromatic carbocycles. The highest BCUT2D eigenvalue weighted by Crippen LogP contribution is 2.36. The number of nitrogens with zero attached hydrogens (tertiary/aromatic N) is 3. The molecule has 0 fully saturated rings. The Balaban J connectivity index is 1.37. The van der Waals surface area contributed by atoms with Gasteiger partial charge in [-0.1, -0.05) is 100.0 Å². The van der Waals surface area contributed by atoms with Gasteiger partial charge in [0, 0.05) is 29.8 Å². The minimum Gasteiger partial charge on any atom is -0.461 e. The van der Waals surface area contributed by atoms with Gasteiger partial charge in [-0.25, -0.2) is 22.6 Å². The van der Waals surface area contributed by atoms with Crippen LogP contribution in [-0.2, 0) is 34.1 Å². The molecule has 1 N–H and O–H groups in total. The number of unbranched alkanes of at least 4 members (excludes halogenated alkanes) is 1. The molecule has 0 saturated carbocycles. The van der Waals surface area contributed by atoms with E-state index >= 15 is 0 Å². The summed E-state index contributed by atoms with van der Waals surface area (Å²) in [5.74, 6) is -1.59. The number of hydrogen-bond donors (Lipinski definition) is 1. The fraction of sp³-hybridized carbons (Fsp3) is 0.261. The number of carbonyl (C=O) groups is 3. The smallest absolute Gasteiger partial charge is 0.359 e. The van der Waals surface area contributed by atoms with Crippen molar-refractivity contribution < 1.29 is 27.5 Å². The summed E-state index contributed by atoms with van der Waals surface area (Å²) in [5.41, 5.74) is 5.77. The normalized spacial score (nSPS) is 12.8. The summed E-state index contributed by atoms with van der Waals surface area (Å²) in [5, 5.41) is 6.43. The lowest BCUT2D eigenvalue weighted by Crippen LogP contribution is -2.36. The van der Waals surface area contributed by atoms with Crippen molar-refractivity contribution in [1.29, 1.82) is 0 Å². The molecule has 6 aromatic rings. The first-order valence-corrected chi connectivity index (χ1v) is 20.9. The Kier molecular flexibility index (Phi) is 11.4. The zero-order valence-electron chi connectivity index (χ0n) is 32.6. The number of amides is 2. The van der Waals surface area contributed by atoms with E-state index < -0.39 is 21.9 Å². The molecule has 0 spiro atoms. The molecular weight excluding hydrogens is 737 g/mol. The van der Waals surface area contributed by atoms with Crippen LogP contribution in [0.1, 0.15) is 100 Å². The lowest BCUT2D eigenvalue weighted by molar-refractivity contribution is 0.0519. The third-order valence-electron chi connectivity index (χ3n) is 10.5. The third kappa shape index (κ3) is 8.11. The van der Waals surface area contributed by atoms with Gasteiger partial charge in [0.15, 0.2) is 5.69 Å². The van der Waals surface area contributed by atoms with Crippen molar-refractivity contribution >= 4 is 38.6 Å². The Morgan fingerprint density at radius 2 is 1.56 bits per heavy atom. The summed E-state index contributed by atoms with van der Waals surface area (Å²) >= 11 is 0. The number of esters is 1. The zero-order valence-corrected chi connectivity index (χ0v) is 33.4. The van der Waals surface area contributed by atoms with Gasteiger partial charge in [-0.05, 0) is 102 Å². The predicted octanol–water partition coefficient (Wildman–Crippen LogP) is 8.65. The highest BCUT2D eigenvalue weighted by Gasteiger charge is 2.32. The first kappa shape index (κ1) is 39.2. The van der Waals surface area contributed by atoms with E-state index in [4.69, 9.17) is 9.84 Å². The number of nitrogens with one attached hydrogen (secondary N) is 1. The molecular formula is C46H46N4O6S. The number of carbonyl (C=O) groups excluding carboxylic acids is 3. The molecule has 2 heterocycles. The molecule has 1 aliphatic heterocycles. The van der Waals surface area contributed by atoms with Gasteiger partial charge >= 0.3 is 5.97 Å². The number of benzene rings is 5. The molecule has 10 nitrogen and oxygen atoms in total. The van der Waals surface area contributed by atoms with E-state index in [0.29, 0.717) is 54.1 Å². The standard InChI is InChI=1S/C46H46N4O6S/c1-5-7-16-41-42(43(46(53)56-6-2)47-50(41)37-21-17-31(18-22-37)30(3)4)39-24-20-35(28-40(39)45(52)49-26-25-33-13-9-11-15-36(33)29-49)44(51)48-57(54,55)38-23-19-32-12-8-10-14-34(32)27-38/h8-15,17-24,27-28,30H,5-7,16,25-26,29H2,1-4H3,(H,48,51). The van der Waals surface area contributed by atoms with Crippen LogP contribution in [0.2, 0.25) is 0 Å². The number of rotatable bonds is 12. The Morgan fingerprint density at radius 1 is 0.842 bits per heavy atom. The number of hydrogen-bond acceptors (Lipinski definition) is 7. The van der Waals surface area contributed by atoms with Crippen LogP contribution in [-0.4, -0.2) is 54.0 Å². The second-order valence-electron chi connectivity index (χ2n) is 14.6. The van der Waals surface area contributed by atoms with Gasteiger partial charge in [0.2, 0.25) is 0 Å². The Bertz CT molecular complexity index is 2590. The second kappa shape index (κ2) is 16.6. The number of sulfonamides is 1. The van der Waals surface area contributed by atoms with Crippen LogP contribution in [0.5, 0.6) is 0 Å². The van der Waals surface area contributed by atoms with E-state index in [1.165, 1.54) is 24.3 Å². The van der Waals surface area contributed by atoms with Crippen LogP contribution in [0.3, 0.4) is 0 Å². The van der Waals surface area contributed by atoms with Crippen molar-refractivity contribution in [2.24, 2.45) is 0 Å². The van der Waals surface area contributed by atoms with Crippen molar-refractivity contribution in [3.05, 3.63) is 148 Å². The van der Waals surface area contributed by atoms with Crippen molar-refractivity contribution in [3.8, 4) is 16.8 Å². The van der Waals surface area contributed by atoms with Crippen molar-refractivity contribution in [2.45, 2.75) is 70.7 Å². The van der Waals surface area contributed by atoms with E-state index in [2.05, 4.69) is 31.6 Å². The summed E-state index contributed by atoms with van der Waals surface area (Å²) in [6.07, 6.45) is 2.79. The fourth-order valence-electron chi connectivity index (χ4n) is 7.36. The Labute approximate surface area is 333 Å². The van der Waals surface area contributed by atoms with E-state index in [-0.39, 0.29) is 34.2 Å². The van der Waals surface area contributed by atoms with Gasteiger partial charge in [0.05, 0.1) is 22.9 Å². The second-order valence-corrected chi connectivity index (χ2v) is 16.3. The highest BCUT2D eigenvalue weighted by atomic mass is 32.2. The maximum atomic E-state index is 14.9. The van der Waals surface area contributed by atoms with Gasteiger partial charge < -0.3 is 9.64 Å². The van der Waals surface area contributed by atoms with E-state index in [0.717, 1.165) is 40.6 Å². The molecule has 0 radical (unpaired) electrons. The predicted molar refractivity (Wildman–Crippen MR) is 221 cm³/mol. The minimum atomic E-state index is -4.30. The maximum absolute atomic E-state index is 14.9. The van der Waals surface area contributed by atoms with E-state index in [1.54, 1.807) is 34.7 Å². The first-order valence-electron chi connectivity index (χ1n) is 19.4. The molecule has 1 aliphatic rings. The summed E-state index contributed by atoms with van der Waals surface area (Å²) in [6.45, 7) is 8.92. The largest absolute Gasteiger partial charge is 0.461 e. The van der Waals surface area contributed by atoms with E-state index in [1.807, 2.05) is 60.7 Å². The SMILES string of the molecule is CCCCc1c(-c2ccc(C(=O)NS(=O)(=O)c3ccc4ccccc4c3)cc2C(=O)N2CCc3ccccc3C2)c(C(=O)OCC)nn1-c1ccc(C(C)C)cc1. The van der Waals surface area contributed by atoms with Gasteiger partial charge in [0.25, 0.3) is 21.8 Å². The molecule has 0 atom stereocenters. The number of aromatic nitrogens is 2. The van der Waals surface area contributed by atoms with Crippen LogP contribution in [0.15, 0.2) is 114 Å². The van der Waals surface area contributed by atoms with E-state index in [9.17, 15) is 22.8 Å². The third-order valence-corrected chi connectivity index (χ3v) is 11.8. The lowest BCUT2D eigenvalue weighted by atomic mass is 9.92. The average molecular weight is 783 g/mol. The van der Waals surface area contributed by atoms with Crippen LogP contribution in [0, 0.1) is 0 Å². The van der Waals surface area contributed by atoms with Crippen molar-refractivity contribution in [1.82, 2.24) is 19.4 Å². The molecule has 0 aliphatic carbocycles. The molecule has 0 bridgehead atoms. The number of fused-ring (bicyclic) bond motifs is 2. The highest BCUT2D eigenvalue weighted by molar-refractivity contribution is 7.90. The summed E-state index contributed by atoms with van der Waals surface area (Å²) in [6, 6.07) is 32.5. The molecule has 0 unspecified atom stereocenters. The zero-order chi connectivity index (χ0) is 40.3. The van der Waals surface area contributed by atoms with Gasteiger partial charge in [-0.15, -0.1) is 0 Å². The van der Waals surface area contributed by atoms with Gasteiger partial charge in [-0.2, -0.15) is 5.10 Å². The van der Waals surface area contributed by atoms with Crippen LogP contribution in [0.25, 0.3) is 27.6 Å². The average Bonchev–Trinajstić information content (AvgIpc) is 3.61. The molecule has 57 heavy (non-hydrogen) atoms. The maximum Gasteiger partial charge on any atom is 0.359 e. The minimum absolute atomic E-state index is 0.0340. The molecule has 11 heteroatoms. The molecule has 292 valence electrons. The van der Waals surface area contributed by atoms with Crippen molar-refractivity contribution in [3.63, 3.8) is 0 Å². The topological polar surface area (TPSA) is 128 Å². The molecule has 0 saturated heterocycles. The summed E-state index contributed by atoms with van der Waals surface area (Å²) in [7, 11) is -4.30. The fourth-order valence-corrected chi connectivity index (χ4v) is 8.37. The van der Waals surface area contributed by atoms with Crippen LogP contribution in [0.4, 0.5) is 0 Å². The monoisotopic (exact) mass is 782 g/mol. The summed E-state index contributed by atoms with van der Waals surface area (Å²) in [4.78, 5) is 44.2. The first-order chi connectivity index (χ1) is 27.5. The Hall–Kier alpha value is -6.07. The molecule has 1 aromatic heterocycles. The molecule has 7 rings (SSSR count). The van der Waals surface area contributed by atoms with Gasteiger partial charge in [-0.3, -0.25) is 9.59 Å². The lowest BCUT2D eigenvalue weighted by Gasteiger charge is -2.29. The number of ether oxygens (including phenoxy) is 1. The quantitative estimate of drug-likeness (QED) is 0.123. The van der Waals surface area contributed by atoms with Gasteiger partial charge in [0.1, 0.15) is 0 Å². The molecule has 2 amide bonds.